The van der Waals surface area contributed by atoms with E-state index in [2.05, 4.69) is 26.5 Å². The van der Waals surface area contributed by atoms with Crippen LogP contribution in [0.4, 0.5) is 0 Å². The van der Waals surface area contributed by atoms with E-state index in [1.54, 1.807) is 42.7 Å². The van der Waals surface area contributed by atoms with Crippen molar-refractivity contribution in [3.63, 3.8) is 0 Å². The van der Waals surface area contributed by atoms with Crippen molar-refractivity contribution >= 4 is 34.1 Å². The highest BCUT2D eigenvalue weighted by molar-refractivity contribution is 9.10. The van der Waals surface area contributed by atoms with Crippen LogP contribution in [-0.2, 0) is 0 Å². The van der Waals surface area contributed by atoms with Gasteiger partial charge in [-0.25, -0.2) is 5.43 Å². The zero-order valence-electron chi connectivity index (χ0n) is 9.92. The molecule has 5 heteroatoms. The molecule has 4 nitrogen and oxygen atoms in total. The standard InChI is InChI=1S/C14H11BrN2O2/c15-12-5-1-4-11(10-12)14(18)17-16-8-2-6-13-7-3-9-19-13/h1-10H,(H,17,18)/b6-2+,16-8+. The Labute approximate surface area is 118 Å². The lowest BCUT2D eigenvalue weighted by molar-refractivity contribution is 0.0955. The third kappa shape index (κ3) is 4.22. The summed E-state index contributed by atoms with van der Waals surface area (Å²) in [6.45, 7) is 0. The smallest absolute Gasteiger partial charge is 0.271 e. The number of furan rings is 1. The molecule has 1 amide bonds. The summed E-state index contributed by atoms with van der Waals surface area (Å²) >= 11 is 3.31. The fourth-order valence-electron chi connectivity index (χ4n) is 1.36. The highest BCUT2D eigenvalue weighted by Gasteiger charge is 2.03. The van der Waals surface area contributed by atoms with Gasteiger partial charge in [0.1, 0.15) is 5.76 Å². The van der Waals surface area contributed by atoms with Gasteiger partial charge in [0.05, 0.1) is 6.26 Å². The molecule has 0 fully saturated rings. The molecule has 19 heavy (non-hydrogen) atoms. The number of carbonyl (C=O) groups excluding carboxylic acids is 1. The van der Waals surface area contributed by atoms with Crippen LogP contribution in [0.5, 0.6) is 0 Å². The topological polar surface area (TPSA) is 54.6 Å². The van der Waals surface area contributed by atoms with Crippen molar-refractivity contribution in [1.82, 2.24) is 5.43 Å². The fraction of sp³-hybridized carbons (Fsp3) is 0. The van der Waals surface area contributed by atoms with Crippen LogP contribution >= 0.6 is 15.9 Å². The lowest BCUT2D eigenvalue weighted by Crippen LogP contribution is -2.17. The molecule has 1 heterocycles. The number of hydrogen-bond donors (Lipinski definition) is 1. The Balaban J connectivity index is 1.87. The van der Waals surface area contributed by atoms with E-state index in [0.29, 0.717) is 5.56 Å². The summed E-state index contributed by atoms with van der Waals surface area (Å²) in [5, 5.41) is 3.81. The molecule has 1 aromatic carbocycles. The molecule has 0 spiro atoms. The highest BCUT2D eigenvalue weighted by Crippen LogP contribution is 2.11. The summed E-state index contributed by atoms with van der Waals surface area (Å²) in [7, 11) is 0. The Morgan fingerprint density at radius 2 is 2.21 bits per heavy atom. The highest BCUT2D eigenvalue weighted by atomic mass is 79.9. The molecule has 0 aliphatic carbocycles. The molecule has 1 N–H and O–H groups in total. The summed E-state index contributed by atoms with van der Waals surface area (Å²) < 4.78 is 5.95. The van der Waals surface area contributed by atoms with Crippen LogP contribution < -0.4 is 5.43 Å². The van der Waals surface area contributed by atoms with Crippen LogP contribution in [0.25, 0.3) is 6.08 Å². The number of benzene rings is 1. The van der Waals surface area contributed by atoms with Gasteiger partial charge in [-0.2, -0.15) is 5.10 Å². The normalized spacial score (nSPS) is 11.2. The number of hydrazone groups is 1. The Bertz CT molecular complexity index is 604. The molecule has 2 rings (SSSR count). The lowest BCUT2D eigenvalue weighted by Gasteiger charge is -1.99. The van der Waals surface area contributed by atoms with Gasteiger partial charge in [-0.05, 0) is 42.5 Å². The largest absolute Gasteiger partial charge is 0.465 e. The van der Waals surface area contributed by atoms with E-state index in [1.807, 2.05) is 12.1 Å². The first-order valence-electron chi connectivity index (χ1n) is 5.55. The summed E-state index contributed by atoms with van der Waals surface area (Å²) in [6, 6.07) is 10.7. The van der Waals surface area contributed by atoms with Crippen molar-refractivity contribution in [2.75, 3.05) is 0 Å². The molecule has 0 unspecified atom stereocenters. The number of halogens is 1. The zero-order valence-corrected chi connectivity index (χ0v) is 11.5. The third-order valence-corrected chi connectivity index (χ3v) is 2.71. The van der Waals surface area contributed by atoms with Gasteiger partial charge in [0.15, 0.2) is 0 Å². The number of hydrogen-bond acceptors (Lipinski definition) is 3. The van der Waals surface area contributed by atoms with Gasteiger partial charge in [0.2, 0.25) is 0 Å². The minimum Gasteiger partial charge on any atom is -0.465 e. The van der Waals surface area contributed by atoms with Gasteiger partial charge in [-0.3, -0.25) is 4.79 Å². The van der Waals surface area contributed by atoms with E-state index >= 15 is 0 Å². The number of amides is 1. The summed E-state index contributed by atoms with van der Waals surface area (Å²) in [4.78, 5) is 11.7. The molecule has 1 aromatic heterocycles. The first kappa shape index (κ1) is 13.3. The van der Waals surface area contributed by atoms with Crippen LogP contribution in [-0.4, -0.2) is 12.1 Å². The average Bonchev–Trinajstić information content (AvgIpc) is 2.91. The first-order valence-corrected chi connectivity index (χ1v) is 6.34. The van der Waals surface area contributed by atoms with Crippen LogP contribution in [0.15, 0.2) is 62.7 Å². The van der Waals surface area contributed by atoms with E-state index in [9.17, 15) is 4.79 Å². The van der Waals surface area contributed by atoms with Crippen LogP contribution in [0.2, 0.25) is 0 Å². The second kappa shape index (κ2) is 6.70. The molecule has 0 bridgehead atoms. The van der Waals surface area contributed by atoms with E-state index in [4.69, 9.17) is 4.42 Å². The Kier molecular flexibility index (Phi) is 4.69. The molecule has 96 valence electrons. The second-order valence-electron chi connectivity index (χ2n) is 3.60. The Morgan fingerprint density at radius 3 is 2.95 bits per heavy atom. The lowest BCUT2D eigenvalue weighted by atomic mass is 10.2. The SMILES string of the molecule is O=C(N/N=C/C=C/c1ccco1)c1cccc(Br)c1. The third-order valence-electron chi connectivity index (χ3n) is 2.22. The molecule has 0 aliphatic heterocycles. The van der Waals surface area contributed by atoms with Gasteiger partial charge in [-0.15, -0.1) is 0 Å². The van der Waals surface area contributed by atoms with Crippen LogP contribution in [0.3, 0.4) is 0 Å². The van der Waals surface area contributed by atoms with Crippen LogP contribution in [0.1, 0.15) is 16.1 Å². The minimum atomic E-state index is -0.260. The van der Waals surface area contributed by atoms with Gasteiger partial charge in [0.25, 0.3) is 5.91 Å². The fourth-order valence-corrected chi connectivity index (χ4v) is 1.76. The van der Waals surface area contributed by atoms with Crippen molar-refractivity contribution in [3.05, 3.63) is 64.5 Å². The van der Waals surface area contributed by atoms with Crippen molar-refractivity contribution in [1.29, 1.82) is 0 Å². The van der Waals surface area contributed by atoms with E-state index in [-0.39, 0.29) is 5.91 Å². The minimum absolute atomic E-state index is 0.260. The van der Waals surface area contributed by atoms with Crippen molar-refractivity contribution < 1.29 is 9.21 Å². The quantitative estimate of drug-likeness (QED) is 0.693. The first-order chi connectivity index (χ1) is 9.25. The van der Waals surface area contributed by atoms with Gasteiger partial charge < -0.3 is 4.42 Å². The number of nitrogens with one attached hydrogen (secondary N) is 1. The molecular formula is C14H11BrN2O2. The van der Waals surface area contributed by atoms with Gasteiger partial charge in [0, 0.05) is 16.3 Å². The van der Waals surface area contributed by atoms with E-state index < -0.39 is 0 Å². The van der Waals surface area contributed by atoms with E-state index in [0.717, 1.165) is 10.2 Å². The predicted molar refractivity (Wildman–Crippen MR) is 77.8 cm³/mol. The molecular weight excluding hydrogens is 308 g/mol. The number of nitrogens with zero attached hydrogens (tertiary/aromatic N) is 1. The number of allylic oxidation sites excluding steroid dienone is 1. The van der Waals surface area contributed by atoms with Crippen molar-refractivity contribution in [2.24, 2.45) is 5.10 Å². The monoisotopic (exact) mass is 318 g/mol. The molecule has 0 saturated heterocycles. The van der Waals surface area contributed by atoms with E-state index in [1.165, 1.54) is 6.21 Å². The maximum absolute atomic E-state index is 11.7. The summed E-state index contributed by atoms with van der Waals surface area (Å²) in [5.74, 6) is 0.466. The Morgan fingerprint density at radius 1 is 1.32 bits per heavy atom. The summed E-state index contributed by atoms with van der Waals surface area (Å²) in [5.41, 5.74) is 2.98. The van der Waals surface area contributed by atoms with Crippen molar-refractivity contribution in [3.8, 4) is 0 Å². The Hall–Kier alpha value is -2.14. The van der Waals surface area contributed by atoms with Crippen LogP contribution in [0, 0.1) is 0 Å². The summed E-state index contributed by atoms with van der Waals surface area (Å²) in [6.07, 6.45) is 6.50. The predicted octanol–water partition coefficient (Wildman–Crippen LogP) is 3.47. The number of rotatable bonds is 4. The van der Waals surface area contributed by atoms with Gasteiger partial charge in [-0.1, -0.05) is 22.0 Å². The zero-order chi connectivity index (χ0) is 13.5. The molecule has 2 aromatic rings. The number of carbonyl (C=O) groups is 1. The molecule has 0 aliphatic rings. The maximum atomic E-state index is 11.7. The molecule has 0 radical (unpaired) electrons. The molecule has 0 atom stereocenters. The van der Waals surface area contributed by atoms with Gasteiger partial charge >= 0.3 is 0 Å². The second-order valence-corrected chi connectivity index (χ2v) is 4.52. The van der Waals surface area contributed by atoms with Crippen molar-refractivity contribution in [2.45, 2.75) is 0 Å². The average molecular weight is 319 g/mol. The molecule has 0 saturated carbocycles. The maximum Gasteiger partial charge on any atom is 0.271 e.